The minimum absolute atomic E-state index is 0.212. The van der Waals surface area contributed by atoms with Crippen molar-refractivity contribution in [2.75, 3.05) is 19.6 Å². The Kier molecular flexibility index (Phi) is 4.08. The highest BCUT2D eigenvalue weighted by Crippen LogP contribution is 2.30. The van der Waals surface area contributed by atoms with Gasteiger partial charge in [-0.2, -0.15) is 0 Å². The molecule has 0 spiro atoms. The van der Waals surface area contributed by atoms with Gasteiger partial charge in [-0.15, -0.1) is 0 Å². The molecule has 1 heterocycles. The van der Waals surface area contributed by atoms with E-state index < -0.39 is 0 Å². The molecule has 2 aliphatic rings. The lowest BCUT2D eigenvalue weighted by Gasteiger charge is -2.35. The molecule has 1 unspecified atom stereocenters. The third kappa shape index (κ3) is 3.21. The molecule has 1 saturated carbocycles. The van der Waals surface area contributed by atoms with Gasteiger partial charge in [-0.25, -0.2) is 0 Å². The van der Waals surface area contributed by atoms with Crippen LogP contribution >= 0.6 is 0 Å². The van der Waals surface area contributed by atoms with E-state index in [2.05, 4.69) is 31.0 Å². The van der Waals surface area contributed by atoms with Crippen LogP contribution in [0.3, 0.4) is 0 Å². The number of nitrogens with zero attached hydrogens (tertiary/aromatic N) is 1. The quantitative estimate of drug-likeness (QED) is 0.766. The van der Waals surface area contributed by atoms with E-state index in [0.29, 0.717) is 23.8 Å². The van der Waals surface area contributed by atoms with Crippen molar-refractivity contribution >= 4 is 5.91 Å². The van der Waals surface area contributed by atoms with Crippen molar-refractivity contribution in [2.45, 2.75) is 46.1 Å². The third-order valence-corrected chi connectivity index (χ3v) is 4.13. The summed E-state index contributed by atoms with van der Waals surface area (Å²) in [6.07, 6.45) is 3.58. The maximum Gasteiger partial charge on any atom is 0.226 e. The molecule has 1 aliphatic carbocycles. The fourth-order valence-electron chi connectivity index (χ4n) is 2.38. The number of amides is 1. The molecule has 2 rings (SSSR count). The van der Waals surface area contributed by atoms with Crippen molar-refractivity contribution in [1.29, 1.82) is 0 Å². The van der Waals surface area contributed by atoms with Gasteiger partial charge in [0.2, 0.25) is 5.91 Å². The molecule has 0 bridgehead atoms. The first-order valence-electron chi connectivity index (χ1n) is 7.10. The molecule has 1 saturated heterocycles. The average molecular weight is 238 g/mol. The summed E-state index contributed by atoms with van der Waals surface area (Å²) in [7, 11) is 0. The maximum absolute atomic E-state index is 12.5. The molecule has 98 valence electrons. The summed E-state index contributed by atoms with van der Waals surface area (Å²) >= 11 is 0. The molecule has 0 aromatic heterocycles. The predicted octanol–water partition coefficient (Wildman–Crippen LogP) is 1.88. The van der Waals surface area contributed by atoms with E-state index in [1.807, 2.05) is 0 Å². The van der Waals surface area contributed by atoms with Gasteiger partial charge in [-0.1, -0.05) is 20.8 Å². The van der Waals surface area contributed by atoms with Crippen LogP contribution in [0.15, 0.2) is 0 Å². The zero-order valence-corrected chi connectivity index (χ0v) is 11.4. The summed E-state index contributed by atoms with van der Waals surface area (Å²) in [6.45, 7) is 9.58. The summed E-state index contributed by atoms with van der Waals surface area (Å²) in [5.74, 6) is 1.87. The highest BCUT2D eigenvalue weighted by atomic mass is 16.2. The van der Waals surface area contributed by atoms with Crippen molar-refractivity contribution in [3.05, 3.63) is 0 Å². The van der Waals surface area contributed by atoms with Crippen LogP contribution in [0, 0.1) is 17.8 Å². The first-order chi connectivity index (χ1) is 8.09. The van der Waals surface area contributed by atoms with Crippen molar-refractivity contribution < 1.29 is 4.79 Å². The van der Waals surface area contributed by atoms with E-state index in [1.165, 1.54) is 12.8 Å². The van der Waals surface area contributed by atoms with Crippen LogP contribution in [-0.2, 0) is 4.79 Å². The van der Waals surface area contributed by atoms with E-state index in [-0.39, 0.29) is 5.92 Å². The summed E-state index contributed by atoms with van der Waals surface area (Å²) in [5.41, 5.74) is 0. The second-order valence-corrected chi connectivity index (χ2v) is 6.15. The Hall–Kier alpha value is -0.570. The lowest BCUT2D eigenvalue weighted by molar-refractivity contribution is -0.138. The fourth-order valence-corrected chi connectivity index (χ4v) is 2.38. The molecule has 1 atom stereocenters. The minimum atomic E-state index is 0.212. The van der Waals surface area contributed by atoms with E-state index >= 15 is 0 Å². The Morgan fingerprint density at radius 2 is 1.94 bits per heavy atom. The van der Waals surface area contributed by atoms with Crippen molar-refractivity contribution in [3.63, 3.8) is 0 Å². The average Bonchev–Trinajstić information content (AvgIpc) is 2.98. The van der Waals surface area contributed by atoms with Gasteiger partial charge < -0.3 is 10.2 Å². The molecule has 2 fully saturated rings. The van der Waals surface area contributed by atoms with Gasteiger partial charge in [-0.05, 0) is 44.2 Å². The van der Waals surface area contributed by atoms with Gasteiger partial charge in [0, 0.05) is 18.5 Å². The van der Waals surface area contributed by atoms with Gasteiger partial charge >= 0.3 is 0 Å². The van der Waals surface area contributed by atoms with Crippen LogP contribution in [0.4, 0.5) is 0 Å². The highest BCUT2D eigenvalue weighted by Gasteiger charge is 2.37. The minimum Gasteiger partial charge on any atom is -0.339 e. The number of rotatable bonds is 6. The summed E-state index contributed by atoms with van der Waals surface area (Å²) in [6, 6.07) is 0.566. The van der Waals surface area contributed by atoms with Gasteiger partial charge in [0.1, 0.15) is 0 Å². The number of carbonyl (C=O) groups is 1. The smallest absolute Gasteiger partial charge is 0.226 e. The normalized spacial score (nSPS) is 22.4. The number of hydrogen-bond acceptors (Lipinski definition) is 2. The van der Waals surface area contributed by atoms with E-state index in [0.717, 1.165) is 26.1 Å². The molecule has 1 N–H and O–H groups in total. The van der Waals surface area contributed by atoms with Crippen molar-refractivity contribution in [2.24, 2.45) is 17.8 Å². The monoisotopic (exact) mass is 238 g/mol. The van der Waals surface area contributed by atoms with Gasteiger partial charge in [0.25, 0.3) is 0 Å². The molecule has 0 aromatic carbocycles. The first kappa shape index (κ1) is 12.9. The lowest BCUT2D eigenvalue weighted by Crippen LogP contribution is -2.51. The largest absolute Gasteiger partial charge is 0.339 e. The Morgan fingerprint density at radius 1 is 1.29 bits per heavy atom. The molecule has 1 amide bonds. The third-order valence-electron chi connectivity index (χ3n) is 4.13. The summed E-state index contributed by atoms with van der Waals surface area (Å²) in [5, 5.41) is 3.26. The van der Waals surface area contributed by atoms with Crippen LogP contribution in [0.25, 0.3) is 0 Å². The highest BCUT2D eigenvalue weighted by molar-refractivity contribution is 5.79. The van der Waals surface area contributed by atoms with Crippen LogP contribution in [0.1, 0.15) is 40.0 Å². The lowest BCUT2D eigenvalue weighted by atomic mass is 9.87. The van der Waals surface area contributed by atoms with Gasteiger partial charge in [-0.3, -0.25) is 4.79 Å². The summed E-state index contributed by atoms with van der Waals surface area (Å²) in [4.78, 5) is 14.6. The molecular weight excluding hydrogens is 212 g/mol. The molecule has 1 aliphatic heterocycles. The maximum atomic E-state index is 12.5. The van der Waals surface area contributed by atoms with Crippen LogP contribution in [-0.4, -0.2) is 36.5 Å². The Morgan fingerprint density at radius 3 is 2.35 bits per heavy atom. The van der Waals surface area contributed by atoms with Crippen LogP contribution in [0.2, 0.25) is 0 Å². The molecule has 3 heteroatoms. The van der Waals surface area contributed by atoms with Gasteiger partial charge in [0.05, 0.1) is 0 Å². The second-order valence-electron chi connectivity index (χ2n) is 6.15. The fraction of sp³-hybridized carbons (Fsp3) is 0.929. The molecule has 0 radical (unpaired) electrons. The first-order valence-corrected chi connectivity index (χ1v) is 7.10. The Labute approximate surface area is 105 Å². The molecular formula is C14H26N2O. The number of hydrogen-bond donors (Lipinski definition) is 1. The van der Waals surface area contributed by atoms with Crippen LogP contribution in [0.5, 0.6) is 0 Å². The Balaban J connectivity index is 1.87. The predicted molar refractivity (Wildman–Crippen MR) is 69.7 cm³/mol. The Bertz CT molecular complexity index is 269. The summed E-state index contributed by atoms with van der Waals surface area (Å²) < 4.78 is 0. The second kappa shape index (κ2) is 5.38. The molecule has 3 nitrogen and oxygen atoms in total. The van der Waals surface area contributed by atoms with E-state index in [4.69, 9.17) is 0 Å². The number of nitrogens with one attached hydrogen (secondary N) is 1. The standard InChI is InChI=1S/C14H26N2O/c1-10(2)6-7-16(13-4-5-13)14(17)11(3)12-8-15-9-12/h10-13,15H,4-9H2,1-3H3. The van der Waals surface area contributed by atoms with Crippen LogP contribution < -0.4 is 5.32 Å². The van der Waals surface area contributed by atoms with Crippen molar-refractivity contribution in [1.82, 2.24) is 10.2 Å². The SMILES string of the molecule is CC(C)CCN(C(=O)C(C)C1CNC1)C1CC1. The van der Waals surface area contributed by atoms with E-state index in [9.17, 15) is 4.79 Å². The van der Waals surface area contributed by atoms with Crippen molar-refractivity contribution in [3.8, 4) is 0 Å². The van der Waals surface area contributed by atoms with E-state index in [1.54, 1.807) is 0 Å². The number of carbonyl (C=O) groups excluding carboxylic acids is 1. The molecule has 0 aromatic rings. The zero-order chi connectivity index (χ0) is 12.4. The zero-order valence-electron chi connectivity index (χ0n) is 11.4. The topological polar surface area (TPSA) is 32.3 Å². The molecule has 17 heavy (non-hydrogen) atoms. The van der Waals surface area contributed by atoms with Gasteiger partial charge in [0.15, 0.2) is 0 Å².